The number of hydrogen-bond acceptors (Lipinski definition) is 1. The van der Waals surface area contributed by atoms with E-state index >= 15 is 0 Å². The maximum absolute atomic E-state index is 3.54. The lowest BCUT2D eigenvalue weighted by molar-refractivity contribution is -0.0989. The van der Waals surface area contributed by atoms with Crippen LogP contribution in [0.3, 0.4) is 0 Å². The number of piperidine rings is 1. The first-order chi connectivity index (χ1) is 8.75. The molecular weight excluding hydrogens is 218 g/mol. The molecule has 4 saturated carbocycles. The second-order valence-corrected chi connectivity index (χ2v) is 8.16. The zero-order valence-corrected chi connectivity index (χ0v) is 12.0. The van der Waals surface area contributed by atoms with Crippen LogP contribution in [0.2, 0.25) is 0 Å². The van der Waals surface area contributed by atoms with Gasteiger partial charge in [0.15, 0.2) is 0 Å². The molecule has 102 valence electrons. The van der Waals surface area contributed by atoms with Gasteiger partial charge in [0.1, 0.15) is 0 Å². The van der Waals surface area contributed by atoms with E-state index in [-0.39, 0.29) is 0 Å². The van der Waals surface area contributed by atoms with Gasteiger partial charge in [-0.2, -0.15) is 0 Å². The Morgan fingerprint density at radius 1 is 0.889 bits per heavy atom. The van der Waals surface area contributed by atoms with Crippen molar-refractivity contribution in [1.82, 2.24) is 5.32 Å². The molecule has 18 heavy (non-hydrogen) atoms. The Balaban J connectivity index is 1.55. The van der Waals surface area contributed by atoms with Crippen molar-refractivity contribution >= 4 is 0 Å². The molecule has 1 N–H and O–H groups in total. The van der Waals surface area contributed by atoms with Gasteiger partial charge in [-0.1, -0.05) is 6.92 Å². The Bertz CT molecular complexity index is 280. The molecule has 1 heteroatoms. The van der Waals surface area contributed by atoms with Gasteiger partial charge in [0.05, 0.1) is 0 Å². The van der Waals surface area contributed by atoms with Gasteiger partial charge in [-0.3, -0.25) is 0 Å². The molecule has 1 aliphatic heterocycles. The van der Waals surface area contributed by atoms with Crippen LogP contribution in [-0.4, -0.2) is 13.1 Å². The van der Waals surface area contributed by atoms with E-state index in [4.69, 9.17) is 0 Å². The predicted molar refractivity (Wildman–Crippen MR) is 75.4 cm³/mol. The number of rotatable bonds is 2. The van der Waals surface area contributed by atoms with Crippen LogP contribution < -0.4 is 5.32 Å². The van der Waals surface area contributed by atoms with Gasteiger partial charge in [0.2, 0.25) is 0 Å². The number of hydrogen-bond donors (Lipinski definition) is 1. The smallest absolute Gasteiger partial charge is 0.00462 e. The SMILES string of the molecule is CC(C1CCNCC1)C12CC3CC(CC(C3)C1)C2. The molecule has 5 aliphatic rings. The molecule has 0 amide bonds. The highest BCUT2D eigenvalue weighted by Gasteiger charge is 2.54. The molecule has 0 aromatic rings. The van der Waals surface area contributed by atoms with Crippen molar-refractivity contribution in [1.29, 1.82) is 0 Å². The van der Waals surface area contributed by atoms with Crippen LogP contribution in [0.1, 0.15) is 58.3 Å². The van der Waals surface area contributed by atoms with E-state index in [0.717, 1.165) is 35.0 Å². The summed E-state index contributed by atoms with van der Waals surface area (Å²) in [7, 11) is 0. The van der Waals surface area contributed by atoms with Crippen LogP contribution in [0.5, 0.6) is 0 Å². The topological polar surface area (TPSA) is 12.0 Å². The van der Waals surface area contributed by atoms with Crippen LogP contribution in [0, 0.1) is 35.0 Å². The molecule has 1 atom stereocenters. The lowest BCUT2D eigenvalue weighted by atomic mass is 9.45. The van der Waals surface area contributed by atoms with Crippen molar-refractivity contribution < 1.29 is 0 Å². The highest BCUT2D eigenvalue weighted by Crippen LogP contribution is 2.64. The Labute approximate surface area is 112 Å². The van der Waals surface area contributed by atoms with E-state index < -0.39 is 0 Å². The van der Waals surface area contributed by atoms with Crippen molar-refractivity contribution in [3.05, 3.63) is 0 Å². The highest BCUT2D eigenvalue weighted by molar-refractivity contribution is 5.04. The van der Waals surface area contributed by atoms with Gasteiger partial charge >= 0.3 is 0 Å². The summed E-state index contributed by atoms with van der Waals surface area (Å²) in [4.78, 5) is 0. The third-order valence-corrected chi connectivity index (χ3v) is 7.14. The third-order valence-electron chi connectivity index (χ3n) is 7.14. The summed E-state index contributed by atoms with van der Waals surface area (Å²) in [5.41, 5.74) is 0.788. The van der Waals surface area contributed by atoms with Crippen LogP contribution in [0.15, 0.2) is 0 Å². The van der Waals surface area contributed by atoms with Gasteiger partial charge in [-0.05, 0) is 99.5 Å². The molecule has 0 spiro atoms. The van der Waals surface area contributed by atoms with Gasteiger partial charge in [0, 0.05) is 0 Å². The molecule has 5 rings (SSSR count). The van der Waals surface area contributed by atoms with Crippen molar-refractivity contribution in [2.45, 2.75) is 58.3 Å². The van der Waals surface area contributed by atoms with Gasteiger partial charge in [-0.25, -0.2) is 0 Å². The predicted octanol–water partition coefficient (Wildman–Crippen LogP) is 3.84. The van der Waals surface area contributed by atoms with Gasteiger partial charge in [0.25, 0.3) is 0 Å². The van der Waals surface area contributed by atoms with Crippen molar-refractivity contribution in [2.75, 3.05) is 13.1 Å². The minimum absolute atomic E-state index is 0.788. The maximum atomic E-state index is 3.54. The number of nitrogens with one attached hydrogen (secondary N) is 1. The quantitative estimate of drug-likeness (QED) is 0.782. The standard InChI is InChI=1S/C17H29N/c1-12(16-2-4-18-5-3-16)17-9-13-6-14(10-17)8-15(7-13)11-17/h12-16,18H,2-11H2,1H3. The monoisotopic (exact) mass is 247 g/mol. The molecule has 4 bridgehead atoms. The highest BCUT2D eigenvalue weighted by atomic mass is 14.9. The summed E-state index contributed by atoms with van der Waals surface area (Å²) in [6, 6.07) is 0. The first kappa shape index (κ1) is 11.8. The summed E-state index contributed by atoms with van der Waals surface area (Å²) in [6.45, 7) is 5.19. The molecule has 1 unspecified atom stereocenters. The van der Waals surface area contributed by atoms with E-state index in [2.05, 4.69) is 12.2 Å². The summed E-state index contributed by atoms with van der Waals surface area (Å²) >= 11 is 0. The first-order valence-electron chi connectivity index (χ1n) is 8.46. The molecule has 5 fully saturated rings. The van der Waals surface area contributed by atoms with Crippen LogP contribution >= 0.6 is 0 Å². The van der Waals surface area contributed by atoms with Gasteiger partial charge in [-0.15, -0.1) is 0 Å². The summed E-state index contributed by atoms with van der Waals surface area (Å²) in [5, 5.41) is 3.54. The Morgan fingerprint density at radius 2 is 1.39 bits per heavy atom. The molecule has 4 aliphatic carbocycles. The van der Waals surface area contributed by atoms with E-state index in [1.54, 1.807) is 38.5 Å². The minimum Gasteiger partial charge on any atom is -0.317 e. The molecule has 0 aromatic heterocycles. The summed E-state index contributed by atoms with van der Waals surface area (Å²) in [5.74, 6) is 5.41. The van der Waals surface area contributed by atoms with Gasteiger partial charge < -0.3 is 5.32 Å². The van der Waals surface area contributed by atoms with E-state index in [0.29, 0.717) is 0 Å². The molecule has 1 saturated heterocycles. The lowest BCUT2D eigenvalue weighted by Crippen LogP contribution is -2.51. The van der Waals surface area contributed by atoms with Crippen molar-refractivity contribution in [3.8, 4) is 0 Å². The fourth-order valence-corrected chi connectivity index (χ4v) is 6.58. The normalized spacial score (nSPS) is 49.5. The van der Waals surface area contributed by atoms with Crippen LogP contribution in [0.25, 0.3) is 0 Å². The molecule has 0 radical (unpaired) electrons. The fraction of sp³-hybridized carbons (Fsp3) is 1.00. The Kier molecular flexibility index (Phi) is 2.76. The average molecular weight is 247 g/mol. The average Bonchev–Trinajstić information content (AvgIpc) is 2.37. The van der Waals surface area contributed by atoms with E-state index in [1.165, 1.54) is 25.9 Å². The van der Waals surface area contributed by atoms with Crippen molar-refractivity contribution in [3.63, 3.8) is 0 Å². The summed E-state index contributed by atoms with van der Waals surface area (Å²) in [6.07, 6.45) is 12.5. The van der Waals surface area contributed by atoms with E-state index in [1.807, 2.05) is 0 Å². The molecular formula is C17H29N. The second-order valence-electron chi connectivity index (χ2n) is 8.16. The Morgan fingerprint density at radius 3 is 1.89 bits per heavy atom. The minimum atomic E-state index is 0.788. The first-order valence-corrected chi connectivity index (χ1v) is 8.46. The fourth-order valence-electron chi connectivity index (χ4n) is 6.58. The largest absolute Gasteiger partial charge is 0.317 e. The third kappa shape index (κ3) is 1.77. The van der Waals surface area contributed by atoms with E-state index in [9.17, 15) is 0 Å². The maximum Gasteiger partial charge on any atom is -0.00462 e. The lowest BCUT2D eigenvalue weighted by Gasteiger charge is -2.60. The molecule has 1 heterocycles. The second kappa shape index (κ2) is 4.23. The zero-order chi connectivity index (χ0) is 12.2. The molecule has 0 aromatic carbocycles. The molecule has 1 nitrogen and oxygen atoms in total. The Hall–Kier alpha value is -0.0400. The van der Waals surface area contributed by atoms with Crippen LogP contribution in [0.4, 0.5) is 0 Å². The zero-order valence-electron chi connectivity index (χ0n) is 12.0. The van der Waals surface area contributed by atoms with Crippen molar-refractivity contribution in [2.24, 2.45) is 35.0 Å². The van der Waals surface area contributed by atoms with Crippen LogP contribution in [-0.2, 0) is 0 Å². The summed E-state index contributed by atoms with van der Waals surface area (Å²) < 4.78 is 0.